The number of benzene rings is 1. The Morgan fingerprint density at radius 3 is 2.35 bits per heavy atom. The Kier molecular flexibility index (Phi) is 7.12. The number of hydrogen-bond acceptors (Lipinski definition) is 2. The van der Waals surface area contributed by atoms with E-state index in [1.54, 1.807) is 0 Å². The minimum Gasteiger partial charge on any atom is -0.462 e. The second kappa shape index (κ2) is 8.61. The first-order valence-corrected chi connectivity index (χ1v) is 6.88. The molecule has 1 rings (SSSR count). The molecule has 20 heavy (non-hydrogen) atoms. The fourth-order valence-corrected chi connectivity index (χ4v) is 1.81. The average Bonchev–Trinajstić information content (AvgIpc) is 2.43. The monoisotopic (exact) mass is 288 g/mol. The molecule has 0 saturated heterocycles. The van der Waals surface area contributed by atoms with Crippen molar-refractivity contribution in [2.45, 2.75) is 45.4 Å². The normalized spacial score (nSPS) is 10.6. The Labute approximate surface area is 116 Å². The summed E-state index contributed by atoms with van der Waals surface area (Å²) < 4.78 is 43.8. The van der Waals surface area contributed by atoms with Gasteiger partial charge in [0.1, 0.15) is 0 Å². The lowest BCUT2D eigenvalue weighted by Gasteiger charge is -2.06. The molecule has 112 valence electrons. The third-order valence-corrected chi connectivity index (χ3v) is 2.99. The fourth-order valence-electron chi connectivity index (χ4n) is 1.81. The lowest BCUT2D eigenvalue weighted by molar-refractivity contribution is 0.0491. The van der Waals surface area contributed by atoms with Crippen molar-refractivity contribution in [3.63, 3.8) is 0 Å². The van der Waals surface area contributed by atoms with Gasteiger partial charge in [-0.05, 0) is 18.6 Å². The van der Waals surface area contributed by atoms with Crippen LogP contribution in [0.4, 0.5) is 13.2 Å². The summed E-state index contributed by atoms with van der Waals surface area (Å²) in [6.45, 7) is 2.28. The highest BCUT2D eigenvalue weighted by Gasteiger charge is 2.19. The Balaban J connectivity index is 2.35. The van der Waals surface area contributed by atoms with E-state index in [0.717, 1.165) is 31.7 Å². The molecule has 0 amide bonds. The topological polar surface area (TPSA) is 26.3 Å². The van der Waals surface area contributed by atoms with Gasteiger partial charge in [-0.25, -0.2) is 18.0 Å². The lowest BCUT2D eigenvalue weighted by Crippen LogP contribution is -2.10. The van der Waals surface area contributed by atoms with Crippen LogP contribution in [0.25, 0.3) is 0 Å². The minimum absolute atomic E-state index is 0.156. The molecule has 0 aromatic heterocycles. The van der Waals surface area contributed by atoms with Gasteiger partial charge in [0.05, 0.1) is 12.2 Å². The molecular formula is C15H19F3O2. The number of hydrogen-bond donors (Lipinski definition) is 0. The lowest BCUT2D eigenvalue weighted by atomic mass is 10.1. The van der Waals surface area contributed by atoms with Gasteiger partial charge in [0.25, 0.3) is 0 Å². The first-order chi connectivity index (χ1) is 9.57. The summed E-state index contributed by atoms with van der Waals surface area (Å²) >= 11 is 0. The summed E-state index contributed by atoms with van der Waals surface area (Å²) in [6, 6.07) is 1.59. The number of halogens is 3. The number of carbonyl (C=O) groups excluding carboxylic acids is 1. The van der Waals surface area contributed by atoms with Gasteiger partial charge < -0.3 is 4.74 Å². The molecular weight excluding hydrogens is 269 g/mol. The van der Waals surface area contributed by atoms with Crippen LogP contribution in [0.3, 0.4) is 0 Å². The van der Waals surface area contributed by atoms with Crippen LogP contribution in [0, 0.1) is 17.5 Å². The van der Waals surface area contributed by atoms with Gasteiger partial charge in [-0.1, -0.05) is 39.0 Å². The molecule has 0 spiro atoms. The Morgan fingerprint density at radius 2 is 1.65 bits per heavy atom. The van der Waals surface area contributed by atoms with Gasteiger partial charge in [-0.3, -0.25) is 0 Å². The molecule has 0 aliphatic heterocycles. The third-order valence-electron chi connectivity index (χ3n) is 2.99. The summed E-state index contributed by atoms with van der Waals surface area (Å²) in [5.74, 6) is -5.44. The third kappa shape index (κ3) is 4.87. The quantitative estimate of drug-likeness (QED) is 0.396. The Morgan fingerprint density at radius 1 is 1.00 bits per heavy atom. The SMILES string of the molecule is CCCCCCCCOC(=O)c1ccc(F)c(F)c1F. The molecule has 0 radical (unpaired) electrons. The van der Waals surface area contributed by atoms with Crippen molar-refractivity contribution >= 4 is 5.97 Å². The van der Waals surface area contributed by atoms with Crippen molar-refractivity contribution < 1.29 is 22.7 Å². The minimum atomic E-state index is -1.65. The molecule has 0 heterocycles. The maximum atomic E-state index is 13.3. The zero-order chi connectivity index (χ0) is 15.0. The van der Waals surface area contributed by atoms with Crippen molar-refractivity contribution in [2.24, 2.45) is 0 Å². The van der Waals surface area contributed by atoms with E-state index in [9.17, 15) is 18.0 Å². The summed E-state index contributed by atoms with van der Waals surface area (Å²) in [6.07, 6.45) is 6.14. The van der Waals surface area contributed by atoms with Gasteiger partial charge in [-0.15, -0.1) is 0 Å². The van der Waals surface area contributed by atoms with E-state index in [4.69, 9.17) is 4.74 Å². The second-order valence-electron chi connectivity index (χ2n) is 4.63. The van der Waals surface area contributed by atoms with Gasteiger partial charge >= 0.3 is 5.97 Å². The number of carbonyl (C=O) groups is 1. The van der Waals surface area contributed by atoms with Crippen molar-refractivity contribution in [3.05, 3.63) is 35.1 Å². The highest BCUT2D eigenvalue weighted by atomic mass is 19.2. The first-order valence-electron chi connectivity index (χ1n) is 6.88. The number of esters is 1. The predicted molar refractivity (Wildman–Crippen MR) is 70.0 cm³/mol. The molecule has 1 aromatic carbocycles. The molecule has 0 atom stereocenters. The number of rotatable bonds is 8. The van der Waals surface area contributed by atoms with Crippen LogP contribution in [0.5, 0.6) is 0 Å². The van der Waals surface area contributed by atoms with Crippen LogP contribution >= 0.6 is 0 Å². The summed E-state index contributed by atoms with van der Waals surface area (Å²) in [7, 11) is 0. The molecule has 1 aromatic rings. The summed E-state index contributed by atoms with van der Waals surface area (Å²) in [4.78, 5) is 11.5. The van der Waals surface area contributed by atoms with E-state index in [1.165, 1.54) is 6.42 Å². The molecule has 0 bridgehead atoms. The Bertz CT molecular complexity index is 447. The molecule has 0 saturated carbocycles. The Hall–Kier alpha value is -1.52. The standard InChI is InChI=1S/C15H19F3O2/c1-2-3-4-5-6-7-10-20-15(19)11-8-9-12(16)14(18)13(11)17/h8-9H,2-7,10H2,1H3. The van der Waals surface area contributed by atoms with Crippen molar-refractivity contribution in [1.82, 2.24) is 0 Å². The molecule has 5 heteroatoms. The van der Waals surface area contributed by atoms with E-state index < -0.39 is 29.0 Å². The zero-order valence-corrected chi connectivity index (χ0v) is 11.6. The molecule has 0 aliphatic carbocycles. The van der Waals surface area contributed by atoms with Crippen molar-refractivity contribution in [3.8, 4) is 0 Å². The smallest absolute Gasteiger partial charge is 0.341 e. The van der Waals surface area contributed by atoms with Crippen LogP contribution in [0.2, 0.25) is 0 Å². The van der Waals surface area contributed by atoms with E-state index in [1.807, 2.05) is 0 Å². The first kappa shape index (κ1) is 16.5. The van der Waals surface area contributed by atoms with E-state index in [-0.39, 0.29) is 6.61 Å². The average molecular weight is 288 g/mol. The number of ether oxygens (including phenoxy) is 1. The maximum Gasteiger partial charge on any atom is 0.341 e. The van der Waals surface area contributed by atoms with Crippen LogP contribution in [0.15, 0.2) is 12.1 Å². The van der Waals surface area contributed by atoms with Gasteiger partial charge in [0.15, 0.2) is 17.5 Å². The molecule has 0 aliphatic rings. The fraction of sp³-hybridized carbons (Fsp3) is 0.533. The second-order valence-corrected chi connectivity index (χ2v) is 4.63. The maximum absolute atomic E-state index is 13.3. The van der Waals surface area contributed by atoms with Gasteiger partial charge in [-0.2, -0.15) is 0 Å². The number of unbranched alkanes of at least 4 members (excludes halogenated alkanes) is 5. The molecule has 0 fully saturated rings. The molecule has 0 unspecified atom stereocenters. The van der Waals surface area contributed by atoms with E-state index in [2.05, 4.69) is 6.92 Å². The summed E-state index contributed by atoms with van der Waals surface area (Å²) in [5, 5.41) is 0. The van der Waals surface area contributed by atoms with Crippen LogP contribution in [-0.2, 0) is 4.74 Å². The highest BCUT2D eigenvalue weighted by Crippen LogP contribution is 2.16. The van der Waals surface area contributed by atoms with Crippen LogP contribution in [0.1, 0.15) is 55.8 Å². The molecule has 2 nitrogen and oxygen atoms in total. The van der Waals surface area contributed by atoms with Crippen LogP contribution in [-0.4, -0.2) is 12.6 Å². The zero-order valence-electron chi connectivity index (χ0n) is 11.6. The van der Waals surface area contributed by atoms with Gasteiger partial charge in [0, 0.05) is 0 Å². The summed E-state index contributed by atoms with van der Waals surface area (Å²) in [5.41, 5.74) is -0.574. The van der Waals surface area contributed by atoms with Crippen molar-refractivity contribution in [1.29, 1.82) is 0 Å². The van der Waals surface area contributed by atoms with Gasteiger partial charge in [0.2, 0.25) is 0 Å². The predicted octanol–water partition coefficient (Wildman–Crippen LogP) is 4.62. The van der Waals surface area contributed by atoms with E-state index in [0.29, 0.717) is 12.5 Å². The van der Waals surface area contributed by atoms with Crippen molar-refractivity contribution in [2.75, 3.05) is 6.61 Å². The molecule has 0 N–H and O–H groups in total. The van der Waals surface area contributed by atoms with Crippen LogP contribution < -0.4 is 0 Å². The van der Waals surface area contributed by atoms with E-state index >= 15 is 0 Å². The highest BCUT2D eigenvalue weighted by molar-refractivity contribution is 5.89. The largest absolute Gasteiger partial charge is 0.462 e.